The lowest BCUT2D eigenvalue weighted by atomic mass is 10.2. The number of furan rings is 1. The predicted octanol–water partition coefficient (Wildman–Crippen LogP) is 2.07. The zero-order valence-corrected chi connectivity index (χ0v) is 16.7. The van der Waals surface area contributed by atoms with Crippen molar-refractivity contribution >= 4 is 11.6 Å². The fourth-order valence-electron chi connectivity index (χ4n) is 3.04. The fourth-order valence-corrected chi connectivity index (χ4v) is 3.04. The molecule has 2 heterocycles. The zero-order chi connectivity index (χ0) is 21.8. The van der Waals surface area contributed by atoms with E-state index in [1.165, 1.54) is 28.9 Å². The zero-order valence-electron chi connectivity index (χ0n) is 16.7. The number of likely N-dealkylation sites (N-methyl/N-ethyl adjacent to an activating group) is 1. The second kappa shape index (κ2) is 8.70. The molecule has 10 heteroatoms. The molecular weight excluding hydrogens is 390 g/mol. The van der Waals surface area contributed by atoms with Crippen LogP contribution in [0.15, 0.2) is 57.9 Å². The highest BCUT2D eigenvalue weighted by molar-refractivity contribution is 5.92. The number of carbonyl (C=O) groups is 1. The molecule has 0 saturated carbocycles. The molecule has 30 heavy (non-hydrogen) atoms. The Hall–Kier alpha value is -3.79. The third-order valence-electron chi connectivity index (χ3n) is 4.58. The predicted molar refractivity (Wildman–Crippen MR) is 109 cm³/mol. The molecule has 156 valence electrons. The van der Waals surface area contributed by atoms with Gasteiger partial charge < -0.3 is 9.73 Å². The van der Waals surface area contributed by atoms with Gasteiger partial charge in [0.25, 0.3) is 11.6 Å². The first kappa shape index (κ1) is 20.9. The summed E-state index contributed by atoms with van der Waals surface area (Å²) in [5.41, 5.74) is -0.577. The molecule has 3 rings (SSSR count). The number of aromatic nitrogens is 2. The van der Waals surface area contributed by atoms with Gasteiger partial charge in [0.15, 0.2) is 5.69 Å². The summed E-state index contributed by atoms with van der Waals surface area (Å²) < 4.78 is 6.64. The SMILES string of the molecule is Cc1cc(=O)c(C(=O)NCC(c2ccco2)N(C)C)nn1-c1ccccc1[N+](=O)[O-]. The van der Waals surface area contributed by atoms with Crippen LogP contribution >= 0.6 is 0 Å². The number of benzene rings is 1. The Kier molecular flexibility index (Phi) is 6.07. The van der Waals surface area contributed by atoms with E-state index in [2.05, 4.69) is 10.4 Å². The number of carbonyl (C=O) groups excluding carboxylic acids is 1. The Balaban J connectivity index is 1.92. The molecule has 2 aromatic heterocycles. The molecule has 0 bridgehead atoms. The van der Waals surface area contributed by atoms with Crippen LogP contribution in [0.2, 0.25) is 0 Å². The first-order valence-corrected chi connectivity index (χ1v) is 9.12. The van der Waals surface area contributed by atoms with Crippen LogP contribution in [0, 0.1) is 17.0 Å². The summed E-state index contributed by atoms with van der Waals surface area (Å²) in [6, 6.07) is 10.5. The van der Waals surface area contributed by atoms with E-state index in [9.17, 15) is 19.7 Å². The Morgan fingerprint density at radius 3 is 2.67 bits per heavy atom. The first-order valence-electron chi connectivity index (χ1n) is 9.12. The van der Waals surface area contributed by atoms with Crippen molar-refractivity contribution in [2.75, 3.05) is 20.6 Å². The number of rotatable bonds is 7. The van der Waals surface area contributed by atoms with Crippen molar-refractivity contribution in [2.45, 2.75) is 13.0 Å². The summed E-state index contributed by atoms with van der Waals surface area (Å²) in [4.78, 5) is 37.8. The average molecular weight is 411 g/mol. The Bertz CT molecular complexity index is 1120. The van der Waals surface area contributed by atoms with Gasteiger partial charge in [-0.2, -0.15) is 5.10 Å². The molecule has 1 N–H and O–H groups in total. The summed E-state index contributed by atoms with van der Waals surface area (Å²) >= 11 is 0. The number of nitro groups is 1. The van der Waals surface area contributed by atoms with Crippen molar-refractivity contribution in [2.24, 2.45) is 0 Å². The van der Waals surface area contributed by atoms with Crippen molar-refractivity contribution in [1.82, 2.24) is 20.0 Å². The second-order valence-electron chi connectivity index (χ2n) is 6.86. The number of nitro benzene ring substituents is 1. The van der Waals surface area contributed by atoms with Gasteiger partial charge in [-0.1, -0.05) is 12.1 Å². The molecule has 1 unspecified atom stereocenters. The van der Waals surface area contributed by atoms with Crippen molar-refractivity contribution in [3.8, 4) is 5.69 Å². The second-order valence-corrected chi connectivity index (χ2v) is 6.86. The van der Waals surface area contributed by atoms with Crippen LogP contribution in [0.4, 0.5) is 5.69 Å². The maximum Gasteiger partial charge on any atom is 0.294 e. The van der Waals surface area contributed by atoms with Gasteiger partial charge in [-0.15, -0.1) is 0 Å². The average Bonchev–Trinajstić information content (AvgIpc) is 3.22. The number of nitrogens with one attached hydrogen (secondary N) is 1. The lowest BCUT2D eigenvalue weighted by Gasteiger charge is -2.22. The van der Waals surface area contributed by atoms with E-state index < -0.39 is 16.3 Å². The monoisotopic (exact) mass is 411 g/mol. The van der Waals surface area contributed by atoms with Gasteiger partial charge in [-0.3, -0.25) is 24.6 Å². The molecule has 3 aromatic rings. The maximum absolute atomic E-state index is 12.7. The van der Waals surface area contributed by atoms with Gasteiger partial charge in [-0.05, 0) is 39.2 Å². The minimum Gasteiger partial charge on any atom is -0.468 e. The Morgan fingerprint density at radius 1 is 1.30 bits per heavy atom. The van der Waals surface area contributed by atoms with Gasteiger partial charge in [0.1, 0.15) is 11.4 Å². The lowest BCUT2D eigenvalue weighted by molar-refractivity contribution is -0.384. The highest BCUT2D eigenvalue weighted by Crippen LogP contribution is 2.22. The van der Waals surface area contributed by atoms with E-state index in [0.29, 0.717) is 11.5 Å². The van der Waals surface area contributed by atoms with Gasteiger partial charge >= 0.3 is 0 Å². The highest BCUT2D eigenvalue weighted by Gasteiger charge is 2.22. The van der Waals surface area contributed by atoms with Gasteiger partial charge in [-0.25, -0.2) is 4.68 Å². The molecular formula is C20H21N5O5. The lowest BCUT2D eigenvalue weighted by Crippen LogP contribution is -2.37. The minimum atomic E-state index is -0.675. The van der Waals surface area contributed by atoms with E-state index in [1.54, 1.807) is 31.4 Å². The minimum absolute atomic E-state index is 0.163. The molecule has 0 aliphatic rings. The van der Waals surface area contributed by atoms with Crippen LogP contribution in [-0.2, 0) is 0 Å². The topological polar surface area (TPSA) is 124 Å². The Labute approximate surface area is 171 Å². The van der Waals surface area contributed by atoms with Gasteiger partial charge in [0.2, 0.25) is 5.43 Å². The number of hydrogen-bond acceptors (Lipinski definition) is 7. The van der Waals surface area contributed by atoms with Gasteiger partial charge in [0.05, 0.1) is 17.2 Å². The van der Waals surface area contributed by atoms with Crippen molar-refractivity contribution in [1.29, 1.82) is 0 Å². The molecule has 0 aliphatic heterocycles. The number of nitrogens with zero attached hydrogens (tertiary/aromatic N) is 4. The third kappa shape index (κ3) is 4.28. The van der Waals surface area contributed by atoms with Crippen LogP contribution in [0.5, 0.6) is 0 Å². The maximum atomic E-state index is 12.7. The number of aryl methyl sites for hydroxylation is 1. The molecule has 0 spiro atoms. The molecule has 0 radical (unpaired) electrons. The van der Waals surface area contributed by atoms with Crippen LogP contribution in [0.25, 0.3) is 5.69 Å². The normalized spacial score (nSPS) is 12.0. The molecule has 1 aromatic carbocycles. The highest BCUT2D eigenvalue weighted by atomic mass is 16.6. The van der Waals surface area contributed by atoms with Crippen LogP contribution in [0.3, 0.4) is 0 Å². The van der Waals surface area contributed by atoms with E-state index >= 15 is 0 Å². The largest absolute Gasteiger partial charge is 0.468 e. The standard InChI is InChI=1S/C20H21N5O5/c1-13-11-17(26)19(22-24(13)14-7-4-5-8-15(14)25(28)29)20(27)21-12-16(23(2)3)18-9-6-10-30-18/h4-11,16H,12H2,1-3H3,(H,21,27). The summed E-state index contributed by atoms with van der Waals surface area (Å²) in [6.45, 7) is 1.77. The Morgan fingerprint density at radius 2 is 2.03 bits per heavy atom. The van der Waals surface area contributed by atoms with Crippen LogP contribution in [0.1, 0.15) is 28.0 Å². The fraction of sp³-hybridized carbons (Fsp3) is 0.250. The van der Waals surface area contributed by atoms with E-state index in [1.807, 2.05) is 19.0 Å². The molecule has 10 nitrogen and oxygen atoms in total. The van der Waals surface area contributed by atoms with Crippen LogP contribution in [-0.4, -0.2) is 46.2 Å². The number of hydrogen-bond donors (Lipinski definition) is 1. The van der Waals surface area contributed by atoms with E-state index in [-0.39, 0.29) is 29.7 Å². The summed E-state index contributed by atoms with van der Waals surface area (Å²) in [7, 11) is 3.68. The summed E-state index contributed by atoms with van der Waals surface area (Å²) in [5.74, 6) is -0.0137. The number of amides is 1. The van der Waals surface area contributed by atoms with Crippen molar-refractivity contribution in [3.63, 3.8) is 0 Å². The van der Waals surface area contributed by atoms with Gasteiger partial charge in [0, 0.05) is 24.4 Å². The molecule has 1 atom stereocenters. The van der Waals surface area contributed by atoms with Crippen LogP contribution < -0.4 is 10.7 Å². The third-order valence-corrected chi connectivity index (χ3v) is 4.58. The molecule has 1 amide bonds. The molecule has 0 aliphatic carbocycles. The van der Waals surface area contributed by atoms with Crippen molar-refractivity contribution < 1.29 is 14.1 Å². The summed E-state index contributed by atoms with van der Waals surface area (Å²) in [6.07, 6.45) is 1.54. The smallest absolute Gasteiger partial charge is 0.294 e. The van der Waals surface area contributed by atoms with E-state index in [0.717, 1.165) is 0 Å². The first-order chi connectivity index (χ1) is 14.3. The molecule has 0 saturated heterocycles. The van der Waals surface area contributed by atoms with E-state index in [4.69, 9.17) is 4.42 Å². The molecule has 0 fully saturated rings. The van der Waals surface area contributed by atoms with Crippen molar-refractivity contribution in [3.05, 3.63) is 86.2 Å². The summed E-state index contributed by atoms with van der Waals surface area (Å²) in [5, 5.41) is 18.2. The number of para-hydroxylation sites is 2. The quantitative estimate of drug-likeness (QED) is 0.466.